The molecule has 0 heterocycles. The molecule has 0 aliphatic heterocycles. The fourth-order valence-corrected chi connectivity index (χ4v) is 4.52. The summed E-state index contributed by atoms with van der Waals surface area (Å²) in [6.45, 7) is 7.67. The van der Waals surface area contributed by atoms with E-state index in [2.05, 4.69) is 68.1 Å². The first-order valence-electron chi connectivity index (χ1n) is 11.7. The third kappa shape index (κ3) is 6.85. The first-order valence-corrected chi connectivity index (χ1v) is 11.7. The third-order valence-electron chi connectivity index (χ3n) is 6.46. The van der Waals surface area contributed by atoms with Crippen molar-refractivity contribution in [1.82, 2.24) is 0 Å². The molecule has 156 valence electrons. The highest BCUT2D eigenvalue weighted by atomic mass is 16.5. The van der Waals surface area contributed by atoms with Gasteiger partial charge in [0.2, 0.25) is 0 Å². The summed E-state index contributed by atoms with van der Waals surface area (Å²) in [6, 6.07) is 18.2. The molecule has 1 aliphatic rings. The van der Waals surface area contributed by atoms with E-state index in [9.17, 15) is 0 Å². The number of hydrogen-bond acceptors (Lipinski definition) is 1. The Bertz CT molecular complexity index is 705. The Balaban J connectivity index is 1.49. The van der Waals surface area contributed by atoms with Crippen LogP contribution in [-0.4, -0.2) is 6.61 Å². The highest BCUT2D eigenvalue weighted by Gasteiger charge is 2.21. The quantitative estimate of drug-likeness (QED) is 0.277. The summed E-state index contributed by atoms with van der Waals surface area (Å²) in [6.07, 6.45) is 13.7. The zero-order valence-electron chi connectivity index (χ0n) is 18.2. The van der Waals surface area contributed by atoms with Crippen molar-refractivity contribution < 1.29 is 4.74 Å². The molecule has 0 atom stereocenters. The Morgan fingerprint density at radius 1 is 0.897 bits per heavy atom. The van der Waals surface area contributed by atoms with Crippen LogP contribution < -0.4 is 0 Å². The van der Waals surface area contributed by atoms with Crippen molar-refractivity contribution in [3.05, 3.63) is 72.3 Å². The van der Waals surface area contributed by atoms with Crippen LogP contribution in [0.3, 0.4) is 0 Å². The summed E-state index contributed by atoms with van der Waals surface area (Å²) in [7, 11) is 0. The maximum Gasteiger partial charge on any atom is 0.0716 e. The van der Waals surface area contributed by atoms with Crippen molar-refractivity contribution in [3.8, 4) is 11.1 Å². The van der Waals surface area contributed by atoms with Gasteiger partial charge in [-0.15, -0.1) is 6.58 Å². The Labute approximate surface area is 178 Å². The molecule has 0 aromatic heterocycles. The van der Waals surface area contributed by atoms with Crippen LogP contribution in [0.15, 0.2) is 61.2 Å². The van der Waals surface area contributed by atoms with E-state index in [-0.39, 0.29) is 0 Å². The van der Waals surface area contributed by atoms with Gasteiger partial charge in [0.15, 0.2) is 0 Å². The van der Waals surface area contributed by atoms with Gasteiger partial charge in [-0.1, -0.05) is 74.4 Å². The minimum Gasteiger partial charge on any atom is -0.377 e. The van der Waals surface area contributed by atoms with E-state index in [1.807, 2.05) is 0 Å². The van der Waals surface area contributed by atoms with Gasteiger partial charge in [0, 0.05) is 6.61 Å². The van der Waals surface area contributed by atoms with E-state index in [1.54, 1.807) is 0 Å². The molecule has 1 fully saturated rings. The minimum absolute atomic E-state index is 0.721. The van der Waals surface area contributed by atoms with Crippen LogP contribution in [-0.2, 0) is 11.3 Å². The van der Waals surface area contributed by atoms with Gasteiger partial charge in [0.1, 0.15) is 0 Å². The maximum absolute atomic E-state index is 5.77. The number of rotatable bonds is 11. The molecule has 29 heavy (non-hydrogen) atoms. The van der Waals surface area contributed by atoms with Crippen molar-refractivity contribution in [2.75, 3.05) is 6.61 Å². The third-order valence-corrected chi connectivity index (χ3v) is 6.46. The Kier molecular flexibility index (Phi) is 9.02. The number of unbranched alkanes of at least 4 members (excludes halogenated alkanes) is 2. The summed E-state index contributed by atoms with van der Waals surface area (Å²) in [5, 5.41) is 0. The summed E-state index contributed by atoms with van der Waals surface area (Å²) in [5.41, 5.74) is 5.38. The van der Waals surface area contributed by atoms with Gasteiger partial charge in [-0.3, -0.25) is 0 Å². The van der Waals surface area contributed by atoms with Crippen molar-refractivity contribution in [3.63, 3.8) is 0 Å². The largest absolute Gasteiger partial charge is 0.377 e. The van der Waals surface area contributed by atoms with Crippen LogP contribution in [0.4, 0.5) is 0 Å². The summed E-state index contributed by atoms with van der Waals surface area (Å²) in [4.78, 5) is 0. The molecule has 0 radical (unpaired) electrons. The molecule has 1 aliphatic carbocycles. The maximum atomic E-state index is 5.77. The van der Waals surface area contributed by atoms with Gasteiger partial charge in [0.25, 0.3) is 0 Å². The number of ether oxygens (including phenoxy) is 1. The number of allylic oxidation sites excluding steroid dienone is 1. The van der Waals surface area contributed by atoms with E-state index < -0.39 is 0 Å². The number of hydrogen-bond donors (Lipinski definition) is 0. The molecule has 0 amide bonds. The van der Waals surface area contributed by atoms with Crippen LogP contribution in [0.5, 0.6) is 0 Å². The van der Waals surface area contributed by atoms with E-state index >= 15 is 0 Å². The molecule has 0 unspecified atom stereocenters. The molecule has 2 aromatic rings. The topological polar surface area (TPSA) is 9.23 Å². The summed E-state index contributed by atoms with van der Waals surface area (Å²) in [5.74, 6) is 1.66. The Morgan fingerprint density at radius 2 is 1.55 bits per heavy atom. The highest BCUT2D eigenvalue weighted by molar-refractivity contribution is 5.64. The molecule has 0 spiro atoms. The fraction of sp³-hybridized carbons (Fsp3) is 0.500. The number of benzene rings is 2. The molecule has 1 saturated carbocycles. The van der Waals surface area contributed by atoms with Crippen molar-refractivity contribution in [2.24, 2.45) is 5.92 Å². The van der Waals surface area contributed by atoms with E-state index in [1.165, 1.54) is 73.6 Å². The van der Waals surface area contributed by atoms with Crippen LogP contribution in [0.2, 0.25) is 0 Å². The zero-order valence-corrected chi connectivity index (χ0v) is 18.2. The molecule has 1 heteroatoms. The van der Waals surface area contributed by atoms with Crippen LogP contribution in [0.1, 0.15) is 81.8 Å². The van der Waals surface area contributed by atoms with Crippen molar-refractivity contribution in [2.45, 2.75) is 77.2 Å². The lowest BCUT2D eigenvalue weighted by molar-refractivity contribution is 0.117. The summed E-state index contributed by atoms with van der Waals surface area (Å²) < 4.78 is 5.77. The van der Waals surface area contributed by atoms with E-state index in [0.29, 0.717) is 0 Å². The van der Waals surface area contributed by atoms with Crippen molar-refractivity contribution in [1.29, 1.82) is 0 Å². The molecule has 3 rings (SSSR count). The molecule has 0 bridgehead atoms. The standard InChI is InChI=1S/C28H38O/c1-3-5-7-21-29-22-24-11-15-26(16-12-24)28-19-17-27(18-20-28)25-13-9-23(10-14-25)8-6-4-2/h4,11-12,15-20,23,25H,2-3,5-10,13-14,21-22H2,1H3. The minimum atomic E-state index is 0.721. The SMILES string of the molecule is C=CCCC1CCC(c2ccc(-c3ccc(COCCCCC)cc3)cc2)CC1. The smallest absolute Gasteiger partial charge is 0.0716 e. The molecule has 0 saturated heterocycles. The predicted octanol–water partition coefficient (Wildman–Crippen LogP) is 8.30. The van der Waals surface area contributed by atoms with Crippen LogP contribution in [0.25, 0.3) is 11.1 Å². The average molecular weight is 391 g/mol. The van der Waals surface area contributed by atoms with Crippen LogP contribution in [0, 0.1) is 5.92 Å². The van der Waals surface area contributed by atoms with E-state index in [0.717, 1.165) is 31.5 Å². The zero-order chi connectivity index (χ0) is 20.3. The average Bonchev–Trinajstić information content (AvgIpc) is 2.78. The second kappa shape index (κ2) is 12.0. The molecular formula is C28H38O. The molecule has 2 aromatic carbocycles. The first kappa shape index (κ1) is 21.8. The second-order valence-corrected chi connectivity index (χ2v) is 8.66. The van der Waals surface area contributed by atoms with Crippen molar-refractivity contribution >= 4 is 0 Å². The Hall–Kier alpha value is -1.86. The van der Waals surface area contributed by atoms with Crippen LogP contribution >= 0.6 is 0 Å². The molecule has 0 N–H and O–H groups in total. The highest BCUT2D eigenvalue weighted by Crippen LogP contribution is 2.38. The van der Waals surface area contributed by atoms with Gasteiger partial charge in [0.05, 0.1) is 6.61 Å². The monoisotopic (exact) mass is 390 g/mol. The molecule has 1 nitrogen and oxygen atoms in total. The van der Waals surface area contributed by atoms with Gasteiger partial charge in [-0.05, 0) is 79.0 Å². The lowest BCUT2D eigenvalue weighted by atomic mass is 9.77. The van der Waals surface area contributed by atoms with Gasteiger partial charge >= 0.3 is 0 Å². The lowest BCUT2D eigenvalue weighted by Crippen LogP contribution is -2.13. The lowest BCUT2D eigenvalue weighted by Gasteiger charge is -2.28. The first-order chi connectivity index (χ1) is 14.3. The summed E-state index contributed by atoms with van der Waals surface area (Å²) >= 11 is 0. The second-order valence-electron chi connectivity index (χ2n) is 8.66. The predicted molar refractivity (Wildman–Crippen MR) is 125 cm³/mol. The normalized spacial score (nSPS) is 19.2. The van der Waals surface area contributed by atoms with E-state index in [4.69, 9.17) is 4.74 Å². The fourth-order valence-electron chi connectivity index (χ4n) is 4.52. The van der Waals surface area contributed by atoms with Gasteiger partial charge < -0.3 is 4.74 Å². The van der Waals surface area contributed by atoms with Gasteiger partial charge in [-0.25, -0.2) is 0 Å². The Morgan fingerprint density at radius 3 is 2.17 bits per heavy atom. The molecular weight excluding hydrogens is 352 g/mol. The van der Waals surface area contributed by atoms with Gasteiger partial charge in [-0.2, -0.15) is 0 Å².